The number of hydrogen-bond acceptors (Lipinski definition) is 7. The molecule has 2 N–H and O–H groups in total. The molecule has 1 heterocycles. The fourth-order valence-electron chi connectivity index (χ4n) is 4.32. The summed E-state index contributed by atoms with van der Waals surface area (Å²) in [6.45, 7) is 1.84. The van der Waals surface area contributed by atoms with Crippen molar-refractivity contribution in [3.63, 3.8) is 0 Å². The smallest absolute Gasteiger partial charge is 0.408 e. The van der Waals surface area contributed by atoms with Gasteiger partial charge in [-0.1, -0.05) is 61.5 Å². The van der Waals surface area contributed by atoms with Gasteiger partial charge in [0.25, 0.3) is 0 Å². The molecule has 9 nitrogen and oxygen atoms in total. The number of nitrogens with one attached hydrogen (secondary N) is 2. The van der Waals surface area contributed by atoms with Crippen molar-refractivity contribution in [2.45, 2.75) is 19.6 Å². The Morgan fingerprint density at radius 1 is 0.860 bits per heavy atom. The quantitative estimate of drug-likeness (QED) is 0.203. The van der Waals surface area contributed by atoms with Crippen LogP contribution in [-0.2, 0) is 20.9 Å². The molecule has 3 aromatic carbocycles. The minimum atomic E-state index is -0.754. The van der Waals surface area contributed by atoms with Crippen molar-refractivity contribution >= 4 is 29.2 Å². The van der Waals surface area contributed by atoms with Gasteiger partial charge in [-0.2, -0.15) is 0 Å². The number of hydrogen-bond donors (Lipinski definition) is 2. The number of carbonyl (C=O) groups excluding carboxylic acids is 3. The Morgan fingerprint density at radius 3 is 2.21 bits per heavy atom. The molecule has 4 rings (SSSR count). The second kappa shape index (κ2) is 15.0. The zero-order valence-corrected chi connectivity index (χ0v) is 24.2. The van der Waals surface area contributed by atoms with Crippen molar-refractivity contribution in [2.75, 3.05) is 19.5 Å². The highest BCUT2D eigenvalue weighted by Gasteiger charge is 2.24. The molecule has 0 aliphatic carbocycles. The van der Waals surface area contributed by atoms with E-state index in [1.54, 1.807) is 87.1 Å². The lowest BCUT2D eigenvalue weighted by Gasteiger charge is -2.24. The Kier molecular flexibility index (Phi) is 10.6. The number of carbonyl (C=O) groups is 3. The number of nitrogens with zero attached hydrogens (tertiary/aromatic N) is 1. The van der Waals surface area contributed by atoms with Crippen LogP contribution in [0.25, 0.3) is 5.57 Å². The Labute approximate surface area is 250 Å². The van der Waals surface area contributed by atoms with Crippen LogP contribution in [0.5, 0.6) is 5.75 Å². The molecule has 0 aliphatic rings. The number of rotatable bonds is 11. The third kappa shape index (κ3) is 8.53. The summed E-state index contributed by atoms with van der Waals surface area (Å²) in [5.41, 5.74) is 3.78. The number of anilines is 1. The lowest BCUT2D eigenvalue weighted by molar-refractivity contribution is -0.118. The molecule has 1 unspecified atom stereocenters. The number of amides is 2. The van der Waals surface area contributed by atoms with Crippen molar-refractivity contribution < 1.29 is 28.6 Å². The van der Waals surface area contributed by atoms with E-state index in [2.05, 4.69) is 15.6 Å². The van der Waals surface area contributed by atoms with Gasteiger partial charge in [0.05, 0.1) is 31.7 Å². The third-order valence-corrected chi connectivity index (χ3v) is 6.65. The van der Waals surface area contributed by atoms with Crippen LogP contribution >= 0.6 is 0 Å². The summed E-state index contributed by atoms with van der Waals surface area (Å²) in [7, 11) is 2.89. The van der Waals surface area contributed by atoms with Gasteiger partial charge in [-0.05, 0) is 64.7 Å². The lowest BCUT2D eigenvalue weighted by Crippen LogP contribution is -2.30. The Bertz CT molecular complexity index is 1540. The molecular weight excluding hydrogens is 546 g/mol. The van der Waals surface area contributed by atoms with E-state index in [1.807, 2.05) is 36.4 Å². The van der Waals surface area contributed by atoms with E-state index < -0.39 is 24.0 Å². The topological polar surface area (TPSA) is 116 Å². The van der Waals surface area contributed by atoms with Crippen LogP contribution in [0.1, 0.15) is 40.0 Å². The van der Waals surface area contributed by atoms with Crippen molar-refractivity contribution in [1.29, 1.82) is 0 Å². The minimum absolute atomic E-state index is 0.0767. The monoisotopic (exact) mass is 579 g/mol. The Morgan fingerprint density at radius 2 is 1.58 bits per heavy atom. The van der Waals surface area contributed by atoms with Gasteiger partial charge >= 0.3 is 12.1 Å². The molecule has 2 atom stereocenters. The first-order chi connectivity index (χ1) is 20.9. The molecule has 220 valence electrons. The molecular formula is C34H33N3O6. The minimum Gasteiger partial charge on any atom is -0.497 e. The zero-order chi connectivity index (χ0) is 30.6. The van der Waals surface area contributed by atoms with E-state index in [9.17, 15) is 14.4 Å². The Hall–Kier alpha value is -5.44. The van der Waals surface area contributed by atoms with Crippen LogP contribution in [0.15, 0.2) is 109 Å². The number of esters is 1. The lowest BCUT2D eigenvalue weighted by atomic mass is 9.90. The molecule has 2 amide bonds. The number of ether oxygens (including phenoxy) is 3. The zero-order valence-electron chi connectivity index (χ0n) is 24.2. The van der Waals surface area contributed by atoms with Gasteiger partial charge in [-0.3, -0.25) is 9.78 Å². The molecule has 43 heavy (non-hydrogen) atoms. The summed E-state index contributed by atoms with van der Waals surface area (Å²) < 4.78 is 15.6. The summed E-state index contributed by atoms with van der Waals surface area (Å²) in [4.78, 5) is 42.7. The van der Waals surface area contributed by atoms with Crippen LogP contribution in [0.3, 0.4) is 0 Å². The molecule has 0 spiro atoms. The summed E-state index contributed by atoms with van der Waals surface area (Å²) >= 11 is 0. The first kappa shape index (κ1) is 30.5. The van der Waals surface area contributed by atoms with Crippen LogP contribution in [-0.4, -0.2) is 37.2 Å². The summed E-state index contributed by atoms with van der Waals surface area (Å²) in [5, 5.41) is 5.87. The van der Waals surface area contributed by atoms with Gasteiger partial charge < -0.3 is 24.8 Å². The van der Waals surface area contributed by atoms with E-state index in [4.69, 9.17) is 14.2 Å². The van der Waals surface area contributed by atoms with Gasteiger partial charge in [0.2, 0.25) is 5.91 Å². The van der Waals surface area contributed by atoms with Crippen LogP contribution in [0.2, 0.25) is 0 Å². The maximum atomic E-state index is 13.3. The normalized spacial score (nSPS) is 12.4. The first-order valence-electron chi connectivity index (χ1n) is 13.6. The van der Waals surface area contributed by atoms with Crippen LogP contribution in [0, 0.1) is 5.92 Å². The number of methoxy groups -OCH3 is 2. The predicted octanol–water partition coefficient (Wildman–Crippen LogP) is 6.20. The second-order valence-corrected chi connectivity index (χ2v) is 9.62. The molecule has 1 aromatic heterocycles. The molecule has 0 fully saturated rings. The summed E-state index contributed by atoms with van der Waals surface area (Å²) in [6, 6.07) is 25.9. The highest BCUT2D eigenvalue weighted by molar-refractivity contribution is 5.95. The van der Waals surface area contributed by atoms with Crippen molar-refractivity contribution in [3.8, 4) is 5.75 Å². The first-order valence-corrected chi connectivity index (χ1v) is 13.6. The van der Waals surface area contributed by atoms with Crippen molar-refractivity contribution in [1.82, 2.24) is 10.3 Å². The SMILES string of the molecule is COC(=O)c1ccc(C(NC(=O)OCc2ccccc2)/C(=C/[C@@H](C)C(=O)Nc2ccc(OC)cc2)c2cccnc2)cc1. The summed E-state index contributed by atoms with van der Waals surface area (Å²) in [6.07, 6.45) is 4.43. The number of pyridine rings is 1. The van der Waals surface area contributed by atoms with E-state index in [0.29, 0.717) is 33.7 Å². The van der Waals surface area contributed by atoms with E-state index in [-0.39, 0.29) is 12.5 Å². The van der Waals surface area contributed by atoms with E-state index >= 15 is 0 Å². The van der Waals surface area contributed by atoms with Gasteiger partial charge in [0.15, 0.2) is 0 Å². The molecule has 0 saturated heterocycles. The predicted molar refractivity (Wildman–Crippen MR) is 163 cm³/mol. The van der Waals surface area contributed by atoms with Crippen molar-refractivity contribution in [3.05, 3.63) is 132 Å². The second-order valence-electron chi connectivity index (χ2n) is 9.62. The fourth-order valence-corrected chi connectivity index (χ4v) is 4.32. The van der Waals surface area contributed by atoms with Gasteiger partial charge in [0, 0.05) is 18.1 Å². The molecule has 9 heteroatoms. The van der Waals surface area contributed by atoms with Crippen molar-refractivity contribution in [2.24, 2.45) is 5.92 Å². The molecule has 0 saturated carbocycles. The number of benzene rings is 3. The fraction of sp³-hybridized carbons (Fsp3) is 0.176. The van der Waals surface area contributed by atoms with Crippen LogP contribution in [0.4, 0.5) is 10.5 Å². The third-order valence-electron chi connectivity index (χ3n) is 6.65. The molecule has 0 radical (unpaired) electrons. The van der Waals surface area contributed by atoms with Gasteiger partial charge in [-0.15, -0.1) is 0 Å². The highest BCUT2D eigenvalue weighted by atomic mass is 16.5. The molecule has 4 aromatic rings. The standard InChI is InChI=1S/C34H33N3O6/c1-23(32(38)36-28-15-17-29(41-2)18-16-28)20-30(27-10-7-19-35-21-27)31(25-11-13-26(14-12-25)33(39)42-3)37-34(40)43-22-24-8-5-4-6-9-24/h4-21,23,31H,22H2,1-3H3,(H,36,38)(H,37,40)/b30-20+/t23-,31?/m1/s1. The molecule has 0 aliphatic heterocycles. The number of aromatic nitrogens is 1. The molecule has 0 bridgehead atoms. The summed E-state index contributed by atoms with van der Waals surface area (Å²) in [5.74, 6) is -0.671. The van der Waals surface area contributed by atoms with Gasteiger partial charge in [0.1, 0.15) is 12.4 Å². The average Bonchev–Trinajstić information content (AvgIpc) is 3.06. The average molecular weight is 580 g/mol. The van der Waals surface area contributed by atoms with E-state index in [0.717, 1.165) is 5.56 Å². The van der Waals surface area contributed by atoms with E-state index in [1.165, 1.54) is 7.11 Å². The Balaban J connectivity index is 1.67. The number of alkyl carbamates (subject to hydrolysis) is 1. The maximum Gasteiger partial charge on any atom is 0.408 e. The highest BCUT2D eigenvalue weighted by Crippen LogP contribution is 2.32. The maximum absolute atomic E-state index is 13.3. The van der Waals surface area contributed by atoms with Gasteiger partial charge in [-0.25, -0.2) is 9.59 Å². The van der Waals surface area contributed by atoms with Crippen LogP contribution < -0.4 is 15.4 Å². The largest absolute Gasteiger partial charge is 0.497 e.